The third-order valence-electron chi connectivity index (χ3n) is 5.86. The Morgan fingerprint density at radius 1 is 1.18 bits per heavy atom. The number of piperidine rings is 1. The van der Waals surface area contributed by atoms with Gasteiger partial charge in [0.15, 0.2) is 6.61 Å². The van der Waals surface area contributed by atoms with Gasteiger partial charge in [-0.1, -0.05) is 42.5 Å². The van der Waals surface area contributed by atoms with Gasteiger partial charge >= 0.3 is 0 Å². The minimum atomic E-state index is -0.755. The predicted molar refractivity (Wildman–Crippen MR) is 108 cm³/mol. The van der Waals surface area contributed by atoms with Crippen molar-refractivity contribution in [1.29, 1.82) is 0 Å². The van der Waals surface area contributed by atoms with Gasteiger partial charge in [-0.05, 0) is 49.4 Å². The molecule has 2 N–H and O–H groups in total. The monoisotopic (exact) mass is 383 g/mol. The summed E-state index contributed by atoms with van der Waals surface area (Å²) in [6, 6.07) is 15.6. The number of ether oxygens (including phenoxy) is 1. The zero-order valence-electron chi connectivity index (χ0n) is 16.6. The lowest BCUT2D eigenvalue weighted by atomic mass is 9.73. The van der Waals surface area contributed by atoms with Crippen molar-refractivity contribution >= 4 is 5.91 Å². The van der Waals surface area contributed by atoms with Gasteiger partial charge in [0.05, 0.1) is 12.7 Å². The summed E-state index contributed by atoms with van der Waals surface area (Å²) in [4.78, 5) is 14.5. The van der Waals surface area contributed by atoms with Crippen molar-refractivity contribution in [2.45, 2.75) is 32.8 Å². The number of aryl methyl sites for hydroxylation is 1. The van der Waals surface area contributed by atoms with Crippen molar-refractivity contribution in [3.63, 3.8) is 0 Å². The molecule has 0 bridgehead atoms. The second kappa shape index (κ2) is 8.76. The van der Waals surface area contributed by atoms with E-state index in [2.05, 4.69) is 0 Å². The lowest BCUT2D eigenvalue weighted by molar-refractivity contribution is -0.143. The topological polar surface area (TPSA) is 70.0 Å². The lowest BCUT2D eigenvalue weighted by Crippen LogP contribution is -2.57. The Labute approximate surface area is 166 Å². The minimum absolute atomic E-state index is 0.0484. The molecule has 1 fully saturated rings. The minimum Gasteiger partial charge on any atom is -0.483 e. The average molecular weight is 383 g/mol. The molecular formula is C23H29NO4. The SMILES string of the molecule is Cc1cccc(OCC(=O)N2CC[C@H](O)[C@](CO)(Cc3ccccc3)C2)c1C. The van der Waals surface area contributed by atoms with Crippen LogP contribution in [0.15, 0.2) is 48.5 Å². The molecule has 5 nitrogen and oxygen atoms in total. The van der Waals surface area contributed by atoms with Gasteiger partial charge in [0, 0.05) is 18.5 Å². The zero-order valence-corrected chi connectivity index (χ0v) is 16.6. The summed E-state index contributed by atoms with van der Waals surface area (Å²) in [5.74, 6) is 0.585. The first-order valence-corrected chi connectivity index (χ1v) is 9.75. The third kappa shape index (κ3) is 4.37. The lowest BCUT2D eigenvalue weighted by Gasteiger charge is -2.45. The van der Waals surface area contributed by atoms with Gasteiger partial charge in [0.25, 0.3) is 5.91 Å². The van der Waals surface area contributed by atoms with Crippen LogP contribution >= 0.6 is 0 Å². The number of hydrogen-bond donors (Lipinski definition) is 2. The predicted octanol–water partition coefficient (Wildman–Crippen LogP) is 2.50. The van der Waals surface area contributed by atoms with Crippen molar-refractivity contribution < 1.29 is 19.7 Å². The molecule has 0 unspecified atom stereocenters. The fourth-order valence-electron chi connectivity index (χ4n) is 3.86. The molecule has 0 saturated carbocycles. The van der Waals surface area contributed by atoms with Crippen LogP contribution in [-0.2, 0) is 11.2 Å². The molecule has 1 heterocycles. The van der Waals surface area contributed by atoms with Crippen LogP contribution in [0.2, 0.25) is 0 Å². The van der Waals surface area contributed by atoms with E-state index in [1.807, 2.05) is 62.4 Å². The molecule has 3 rings (SSSR count). The van der Waals surface area contributed by atoms with Crippen LogP contribution in [0.1, 0.15) is 23.1 Å². The molecule has 0 aromatic heterocycles. The highest BCUT2D eigenvalue weighted by Gasteiger charge is 2.43. The molecule has 2 aromatic carbocycles. The van der Waals surface area contributed by atoms with Crippen molar-refractivity contribution in [2.24, 2.45) is 5.41 Å². The van der Waals surface area contributed by atoms with Gasteiger partial charge in [-0.2, -0.15) is 0 Å². The summed E-state index contributed by atoms with van der Waals surface area (Å²) in [5.41, 5.74) is 2.43. The number of likely N-dealkylation sites (tertiary alicyclic amines) is 1. The Kier molecular flexibility index (Phi) is 6.37. The molecule has 28 heavy (non-hydrogen) atoms. The van der Waals surface area contributed by atoms with E-state index in [1.54, 1.807) is 4.90 Å². The number of benzene rings is 2. The van der Waals surface area contributed by atoms with Crippen molar-refractivity contribution in [3.05, 3.63) is 65.2 Å². The van der Waals surface area contributed by atoms with E-state index in [-0.39, 0.29) is 19.1 Å². The molecule has 2 atom stereocenters. The van der Waals surface area contributed by atoms with Crippen LogP contribution in [0.25, 0.3) is 0 Å². The molecule has 0 aliphatic carbocycles. The number of amides is 1. The second-order valence-corrected chi connectivity index (χ2v) is 7.79. The van der Waals surface area contributed by atoms with E-state index in [9.17, 15) is 15.0 Å². The van der Waals surface area contributed by atoms with E-state index >= 15 is 0 Å². The Morgan fingerprint density at radius 3 is 2.64 bits per heavy atom. The number of aliphatic hydroxyl groups is 2. The number of aliphatic hydroxyl groups excluding tert-OH is 2. The Morgan fingerprint density at radius 2 is 1.93 bits per heavy atom. The molecule has 0 spiro atoms. The molecular weight excluding hydrogens is 354 g/mol. The standard InChI is InChI=1S/C23H29NO4/c1-17-7-6-10-20(18(17)2)28-14-22(27)24-12-11-21(26)23(15-24,16-25)13-19-8-4-3-5-9-19/h3-10,21,25-26H,11-16H2,1-2H3/t21-,23+/m0/s1. The summed E-state index contributed by atoms with van der Waals surface area (Å²) in [5, 5.41) is 20.7. The molecule has 2 aromatic rings. The highest BCUT2D eigenvalue weighted by atomic mass is 16.5. The van der Waals surface area contributed by atoms with E-state index in [0.717, 1.165) is 16.7 Å². The maximum absolute atomic E-state index is 12.8. The van der Waals surface area contributed by atoms with Crippen LogP contribution in [0.5, 0.6) is 5.75 Å². The van der Waals surface area contributed by atoms with Crippen molar-refractivity contribution in [1.82, 2.24) is 4.90 Å². The Hall–Kier alpha value is -2.37. The van der Waals surface area contributed by atoms with Gasteiger partial charge in [-0.15, -0.1) is 0 Å². The summed E-state index contributed by atoms with van der Waals surface area (Å²) in [6.45, 7) is 4.54. The first-order valence-electron chi connectivity index (χ1n) is 9.75. The molecule has 150 valence electrons. The molecule has 1 amide bonds. The molecule has 1 saturated heterocycles. The summed E-state index contributed by atoms with van der Waals surface area (Å²) < 4.78 is 5.76. The van der Waals surface area contributed by atoms with E-state index in [4.69, 9.17) is 4.74 Å². The van der Waals surface area contributed by atoms with E-state index in [1.165, 1.54) is 0 Å². The van der Waals surface area contributed by atoms with Crippen LogP contribution in [0.4, 0.5) is 0 Å². The van der Waals surface area contributed by atoms with Gasteiger partial charge in [0.1, 0.15) is 5.75 Å². The van der Waals surface area contributed by atoms with Gasteiger partial charge in [0.2, 0.25) is 0 Å². The maximum atomic E-state index is 12.8. The van der Waals surface area contributed by atoms with Gasteiger partial charge < -0.3 is 19.8 Å². The Balaban J connectivity index is 1.68. The van der Waals surface area contributed by atoms with Gasteiger partial charge in [-0.3, -0.25) is 4.79 Å². The summed E-state index contributed by atoms with van der Waals surface area (Å²) in [6.07, 6.45) is 0.317. The number of rotatable bonds is 6. The molecule has 1 aliphatic heterocycles. The average Bonchev–Trinajstić information content (AvgIpc) is 2.71. The molecule has 1 aliphatic rings. The van der Waals surface area contributed by atoms with Crippen molar-refractivity contribution in [2.75, 3.05) is 26.3 Å². The fourth-order valence-corrected chi connectivity index (χ4v) is 3.86. The molecule has 0 radical (unpaired) electrons. The Bertz CT molecular complexity index is 808. The highest BCUT2D eigenvalue weighted by molar-refractivity contribution is 5.78. The molecule has 5 heteroatoms. The van der Waals surface area contributed by atoms with Gasteiger partial charge in [-0.25, -0.2) is 0 Å². The first kappa shape index (κ1) is 20.4. The summed E-state index contributed by atoms with van der Waals surface area (Å²) in [7, 11) is 0. The normalized spacial score (nSPS) is 22.1. The number of nitrogens with zero attached hydrogens (tertiary/aromatic N) is 1. The smallest absolute Gasteiger partial charge is 0.260 e. The van der Waals surface area contributed by atoms with Crippen LogP contribution < -0.4 is 4.74 Å². The van der Waals surface area contributed by atoms with Crippen LogP contribution in [-0.4, -0.2) is 53.4 Å². The number of carbonyl (C=O) groups is 1. The summed E-state index contributed by atoms with van der Waals surface area (Å²) >= 11 is 0. The zero-order chi connectivity index (χ0) is 20.1. The highest BCUT2D eigenvalue weighted by Crippen LogP contribution is 2.34. The third-order valence-corrected chi connectivity index (χ3v) is 5.86. The van der Waals surface area contributed by atoms with Crippen LogP contribution in [0.3, 0.4) is 0 Å². The number of hydrogen-bond acceptors (Lipinski definition) is 4. The van der Waals surface area contributed by atoms with Crippen molar-refractivity contribution in [3.8, 4) is 5.75 Å². The first-order chi connectivity index (χ1) is 13.4. The van der Waals surface area contributed by atoms with E-state index < -0.39 is 11.5 Å². The maximum Gasteiger partial charge on any atom is 0.260 e. The largest absolute Gasteiger partial charge is 0.483 e. The quantitative estimate of drug-likeness (QED) is 0.804. The number of carbonyl (C=O) groups excluding carboxylic acids is 1. The second-order valence-electron chi connectivity index (χ2n) is 7.79. The fraction of sp³-hybridized carbons (Fsp3) is 0.435. The van der Waals surface area contributed by atoms with E-state index in [0.29, 0.717) is 31.7 Å². The van der Waals surface area contributed by atoms with Crippen LogP contribution in [0, 0.1) is 19.3 Å².